The normalized spacial score (nSPS) is 26.1. The SMILES string of the molecule is N#CC1(c2ccccc2)CC(Nc2nncs2)C1. The summed E-state index contributed by atoms with van der Waals surface area (Å²) in [6, 6.07) is 12.8. The first-order valence-electron chi connectivity index (χ1n) is 5.82. The molecule has 5 heteroatoms. The highest BCUT2D eigenvalue weighted by atomic mass is 32.1. The van der Waals surface area contributed by atoms with Crippen LogP contribution in [0, 0.1) is 11.3 Å². The molecule has 1 aromatic carbocycles. The van der Waals surface area contributed by atoms with Gasteiger partial charge in [-0.1, -0.05) is 41.7 Å². The number of rotatable bonds is 3. The Labute approximate surface area is 109 Å². The van der Waals surface area contributed by atoms with E-state index in [1.54, 1.807) is 5.51 Å². The lowest BCUT2D eigenvalue weighted by Crippen LogP contribution is -2.47. The van der Waals surface area contributed by atoms with E-state index in [2.05, 4.69) is 21.6 Å². The summed E-state index contributed by atoms with van der Waals surface area (Å²) in [5, 5.41) is 21.3. The Balaban J connectivity index is 1.70. The molecule has 1 aromatic heterocycles. The zero-order valence-electron chi connectivity index (χ0n) is 9.71. The fourth-order valence-corrected chi connectivity index (χ4v) is 2.97. The van der Waals surface area contributed by atoms with Gasteiger partial charge in [0.2, 0.25) is 5.13 Å². The summed E-state index contributed by atoms with van der Waals surface area (Å²) >= 11 is 1.49. The molecule has 0 radical (unpaired) electrons. The maximum atomic E-state index is 9.43. The van der Waals surface area contributed by atoms with Crippen LogP contribution in [-0.2, 0) is 5.41 Å². The van der Waals surface area contributed by atoms with Gasteiger partial charge in [-0.15, -0.1) is 10.2 Å². The van der Waals surface area contributed by atoms with Gasteiger partial charge in [0, 0.05) is 6.04 Å². The molecule has 1 fully saturated rings. The molecule has 18 heavy (non-hydrogen) atoms. The van der Waals surface area contributed by atoms with Gasteiger partial charge in [0.1, 0.15) is 5.51 Å². The molecule has 1 saturated carbocycles. The monoisotopic (exact) mass is 256 g/mol. The second kappa shape index (κ2) is 4.39. The van der Waals surface area contributed by atoms with Crippen LogP contribution < -0.4 is 5.32 Å². The lowest BCUT2D eigenvalue weighted by Gasteiger charge is -2.43. The van der Waals surface area contributed by atoms with Crippen molar-refractivity contribution in [3.63, 3.8) is 0 Å². The summed E-state index contributed by atoms with van der Waals surface area (Å²) in [4.78, 5) is 0. The highest BCUT2D eigenvalue weighted by molar-refractivity contribution is 7.13. The molecule has 4 nitrogen and oxygen atoms in total. The van der Waals surface area contributed by atoms with Crippen LogP contribution in [0.5, 0.6) is 0 Å². The molecule has 0 aliphatic heterocycles. The second-order valence-corrected chi connectivity index (χ2v) is 5.39. The van der Waals surface area contributed by atoms with Gasteiger partial charge in [0.25, 0.3) is 0 Å². The maximum Gasteiger partial charge on any atom is 0.205 e. The van der Waals surface area contributed by atoms with Crippen molar-refractivity contribution in [2.45, 2.75) is 24.3 Å². The maximum absolute atomic E-state index is 9.43. The average molecular weight is 256 g/mol. The third-order valence-corrected chi connectivity index (χ3v) is 4.04. The van der Waals surface area contributed by atoms with Gasteiger partial charge < -0.3 is 5.32 Å². The Morgan fingerprint density at radius 1 is 1.33 bits per heavy atom. The summed E-state index contributed by atoms with van der Waals surface area (Å²) in [5.74, 6) is 0. The summed E-state index contributed by atoms with van der Waals surface area (Å²) in [6.07, 6.45) is 1.65. The van der Waals surface area contributed by atoms with E-state index in [9.17, 15) is 5.26 Å². The smallest absolute Gasteiger partial charge is 0.205 e. The highest BCUT2D eigenvalue weighted by Gasteiger charge is 2.46. The number of anilines is 1. The molecule has 2 aromatic rings. The number of nitriles is 1. The molecule has 0 spiro atoms. The average Bonchev–Trinajstić information content (AvgIpc) is 2.87. The molecule has 3 rings (SSSR count). The van der Waals surface area contributed by atoms with Gasteiger partial charge in [-0.25, -0.2) is 0 Å². The lowest BCUT2D eigenvalue weighted by atomic mass is 9.62. The van der Waals surface area contributed by atoms with Crippen LogP contribution in [0.3, 0.4) is 0 Å². The fourth-order valence-electron chi connectivity index (χ4n) is 2.44. The number of hydrogen-bond acceptors (Lipinski definition) is 5. The topological polar surface area (TPSA) is 61.6 Å². The standard InChI is InChI=1S/C13H12N4S/c14-8-13(10-4-2-1-3-5-10)6-11(7-13)16-12-17-15-9-18-12/h1-5,9,11H,6-7H2,(H,16,17). The van der Waals surface area contributed by atoms with E-state index < -0.39 is 0 Å². The van der Waals surface area contributed by atoms with Gasteiger partial charge in [-0.3, -0.25) is 0 Å². The molecule has 1 aliphatic carbocycles. The van der Waals surface area contributed by atoms with Crippen molar-refractivity contribution in [3.05, 3.63) is 41.4 Å². The predicted molar refractivity (Wildman–Crippen MR) is 70.3 cm³/mol. The zero-order chi connectivity index (χ0) is 12.4. The van der Waals surface area contributed by atoms with E-state index >= 15 is 0 Å². The van der Waals surface area contributed by atoms with Gasteiger partial charge in [-0.2, -0.15) is 5.26 Å². The number of benzene rings is 1. The third kappa shape index (κ3) is 1.85. The van der Waals surface area contributed by atoms with Gasteiger partial charge in [0.15, 0.2) is 0 Å². The van der Waals surface area contributed by atoms with Crippen LogP contribution >= 0.6 is 11.3 Å². The van der Waals surface area contributed by atoms with Crippen LogP contribution in [-0.4, -0.2) is 16.2 Å². The van der Waals surface area contributed by atoms with E-state index in [0.29, 0.717) is 6.04 Å². The predicted octanol–water partition coefficient (Wildman–Crippen LogP) is 2.57. The van der Waals surface area contributed by atoms with E-state index in [1.165, 1.54) is 11.3 Å². The van der Waals surface area contributed by atoms with E-state index in [4.69, 9.17) is 0 Å². The van der Waals surface area contributed by atoms with Crippen LogP contribution in [0.25, 0.3) is 0 Å². The molecule has 0 atom stereocenters. The van der Waals surface area contributed by atoms with Crippen molar-refractivity contribution in [1.29, 1.82) is 5.26 Å². The zero-order valence-corrected chi connectivity index (χ0v) is 10.5. The van der Waals surface area contributed by atoms with E-state index in [1.807, 2.05) is 30.3 Å². The fraction of sp³-hybridized carbons (Fsp3) is 0.308. The van der Waals surface area contributed by atoms with Crippen molar-refractivity contribution in [2.24, 2.45) is 0 Å². The summed E-state index contributed by atoms with van der Waals surface area (Å²) in [6.45, 7) is 0. The van der Waals surface area contributed by atoms with Crippen molar-refractivity contribution in [3.8, 4) is 6.07 Å². The Morgan fingerprint density at radius 2 is 2.11 bits per heavy atom. The minimum absolute atomic E-state index is 0.317. The quantitative estimate of drug-likeness (QED) is 0.916. The van der Waals surface area contributed by atoms with Gasteiger partial charge in [0.05, 0.1) is 11.5 Å². The third-order valence-electron chi connectivity index (χ3n) is 3.42. The van der Waals surface area contributed by atoms with E-state index in [-0.39, 0.29) is 5.41 Å². The molecule has 1 heterocycles. The molecular weight excluding hydrogens is 244 g/mol. The van der Waals surface area contributed by atoms with Crippen LogP contribution in [0.15, 0.2) is 35.8 Å². The first-order chi connectivity index (χ1) is 8.82. The molecule has 90 valence electrons. The summed E-state index contributed by atoms with van der Waals surface area (Å²) < 4.78 is 0. The van der Waals surface area contributed by atoms with Crippen molar-refractivity contribution < 1.29 is 0 Å². The Hall–Kier alpha value is -1.93. The van der Waals surface area contributed by atoms with Crippen molar-refractivity contribution >= 4 is 16.5 Å². The Bertz CT molecular complexity index is 552. The largest absolute Gasteiger partial charge is 0.357 e. The molecule has 0 bridgehead atoms. The number of nitrogens with one attached hydrogen (secondary N) is 1. The first-order valence-corrected chi connectivity index (χ1v) is 6.70. The lowest BCUT2D eigenvalue weighted by molar-refractivity contribution is 0.289. The van der Waals surface area contributed by atoms with Crippen LogP contribution in [0.2, 0.25) is 0 Å². The molecule has 1 aliphatic rings. The number of aromatic nitrogens is 2. The minimum atomic E-state index is -0.330. The van der Waals surface area contributed by atoms with Crippen molar-refractivity contribution in [1.82, 2.24) is 10.2 Å². The van der Waals surface area contributed by atoms with Crippen LogP contribution in [0.1, 0.15) is 18.4 Å². The molecule has 0 saturated heterocycles. The number of hydrogen-bond donors (Lipinski definition) is 1. The Morgan fingerprint density at radius 3 is 2.72 bits per heavy atom. The molecular formula is C13H12N4S. The first kappa shape index (κ1) is 11.2. The molecule has 0 amide bonds. The minimum Gasteiger partial charge on any atom is -0.357 e. The summed E-state index contributed by atoms with van der Waals surface area (Å²) in [5.41, 5.74) is 2.49. The van der Waals surface area contributed by atoms with E-state index in [0.717, 1.165) is 23.5 Å². The molecule has 1 N–H and O–H groups in total. The Kier molecular flexibility index (Phi) is 2.73. The highest BCUT2D eigenvalue weighted by Crippen LogP contribution is 2.44. The number of nitrogens with zero attached hydrogens (tertiary/aromatic N) is 3. The van der Waals surface area contributed by atoms with Crippen molar-refractivity contribution in [2.75, 3.05) is 5.32 Å². The second-order valence-electron chi connectivity index (χ2n) is 4.55. The van der Waals surface area contributed by atoms with Gasteiger partial charge in [-0.05, 0) is 18.4 Å². The van der Waals surface area contributed by atoms with Crippen LogP contribution in [0.4, 0.5) is 5.13 Å². The van der Waals surface area contributed by atoms with Gasteiger partial charge >= 0.3 is 0 Å². The molecule has 0 unspecified atom stereocenters. The summed E-state index contributed by atoms with van der Waals surface area (Å²) in [7, 11) is 0.